The van der Waals surface area contributed by atoms with Gasteiger partial charge >= 0.3 is 25.4 Å². The van der Waals surface area contributed by atoms with Gasteiger partial charge in [-0.2, -0.15) is 26.3 Å². The average Bonchev–Trinajstić information content (AvgIpc) is 3.51. The van der Waals surface area contributed by atoms with E-state index < -0.39 is 36.4 Å². The molecule has 1 aromatic heterocycles. The van der Waals surface area contributed by atoms with E-state index in [0.29, 0.717) is 30.8 Å². The number of fused-ring (bicyclic) bond motifs is 5. The fourth-order valence-corrected chi connectivity index (χ4v) is 6.24. The van der Waals surface area contributed by atoms with Crippen LogP contribution in [0.4, 0.5) is 55.0 Å². The molecule has 6 nitrogen and oxygen atoms in total. The molecule has 0 amide bonds. The summed E-state index contributed by atoms with van der Waals surface area (Å²) < 4.78 is 129. The summed E-state index contributed by atoms with van der Waals surface area (Å²) in [5.41, 5.74) is 3.59. The van der Waals surface area contributed by atoms with Crippen LogP contribution >= 0.6 is 12.2 Å². The lowest BCUT2D eigenvalue weighted by atomic mass is 10.1. The second-order valence-electron chi connectivity index (χ2n) is 11.4. The van der Waals surface area contributed by atoms with Gasteiger partial charge in [0.05, 0.1) is 11.1 Å². The van der Waals surface area contributed by atoms with Crippen molar-refractivity contribution in [3.63, 3.8) is 0 Å². The molecular weight excluding hydrogens is 679 g/mol. The van der Waals surface area contributed by atoms with Crippen molar-refractivity contribution in [2.24, 2.45) is 0 Å². The molecule has 0 unspecified atom stereocenters. The third-order valence-electron chi connectivity index (χ3n) is 7.69. The van der Waals surface area contributed by atoms with Crippen LogP contribution in [0, 0.1) is 20.8 Å². The van der Waals surface area contributed by atoms with E-state index in [1.807, 2.05) is 43.9 Å². The number of hydrogen-bond acceptors (Lipinski definition) is 3. The number of hydrogen-bond donors (Lipinski definition) is 2. The Kier molecular flexibility index (Phi) is 9.29. The van der Waals surface area contributed by atoms with E-state index in [2.05, 4.69) is 27.3 Å². The van der Waals surface area contributed by atoms with Crippen LogP contribution < -0.4 is 15.2 Å². The maximum atomic E-state index is 13.3. The summed E-state index contributed by atoms with van der Waals surface area (Å²) in [7, 11) is -6.00. The zero-order valence-electron chi connectivity index (χ0n) is 25.3. The quantitative estimate of drug-likeness (QED) is 0.0974. The molecular formula is C30H26BF10N5OS. The molecule has 2 atom stereocenters. The minimum absolute atomic E-state index is 0.0698. The number of halogens is 10. The highest BCUT2D eigenvalue weighted by Crippen LogP contribution is 2.39. The number of thiocarbonyl (C=S) groups is 1. The number of aryl methyl sites for hydroxylation is 3. The molecule has 256 valence electrons. The van der Waals surface area contributed by atoms with Gasteiger partial charge in [-0.25, -0.2) is 4.57 Å². The van der Waals surface area contributed by atoms with E-state index in [1.54, 1.807) is 6.07 Å². The molecule has 2 heterocycles. The molecule has 18 heteroatoms. The first-order valence-electron chi connectivity index (χ1n) is 14.2. The number of anilines is 2. The van der Waals surface area contributed by atoms with Crippen LogP contribution in [0.2, 0.25) is 0 Å². The number of nitrogens with zero attached hydrogens (tertiary/aromatic N) is 3. The van der Waals surface area contributed by atoms with Crippen molar-refractivity contribution in [2.45, 2.75) is 58.3 Å². The molecule has 6 rings (SSSR count). The Bertz CT molecular complexity index is 1810. The molecule has 3 aromatic carbocycles. The van der Waals surface area contributed by atoms with Crippen LogP contribution in [0.15, 0.2) is 54.9 Å². The SMILES string of the molecule is Cc1cc(C)c(-n2c[n+]3c(n2)CO[C@H]2Cc4ccc(NC(=S)Nc5cc(C(F)(F)F)cc(C(F)(F)F)c5)cc4[C@H]23)c(C)c1.F[B-](F)(F)F. The number of benzene rings is 3. The van der Waals surface area contributed by atoms with Gasteiger partial charge < -0.3 is 32.6 Å². The molecule has 0 saturated carbocycles. The maximum Gasteiger partial charge on any atom is 0.673 e. The summed E-state index contributed by atoms with van der Waals surface area (Å²) in [6.07, 6.45) is -7.42. The number of rotatable bonds is 3. The predicted octanol–water partition coefficient (Wildman–Crippen LogP) is 8.28. The molecule has 0 saturated heterocycles. The number of aromatic nitrogens is 3. The largest absolute Gasteiger partial charge is 0.673 e. The van der Waals surface area contributed by atoms with Gasteiger partial charge in [0.2, 0.25) is 6.33 Å². The molecule has 0 spiro atoms. The average molecular weight is 705 g/mol. The van der Waals surface area contributed by atoms with Gasteiger partial charge in [0, 0.05) is 22.9 Å². The Balaban J connectivity index is 0.000000840. The Hall–Kier alpha value is -4.19. The van der Waals surface area contributed by atoms with Crippen molar-refractivity contribution >= 4 is 36.0 Å². The normalized spacial score (nSPS) is 17.1. The van der Waals surface area contributed by atoms with Gasteiger partial charge in [0.15, 0.2) is 5.11 Å². The first-order chi connectivity index (χ1) is 22.2. The van der Waals surface area contributed by atoms with E-state index in [9.17, 15) is 43.6 Å². The van der Waals surface area contributed by atoms with Crippen molar-refractivity contribution < 1.29 is 52.9 Å². The second kappa shape index (κ2) is 12.7. The molecule has 0 radical (unpaired) electrons. The first kappa shape index (κ1) is 35.1. The summed E-state index contributed by atoms with van der Waals surface area (Å²) >= 11 is 5.26. The Labute approximate surface area is 272 Å². The summed E-state index contributed by atoms with van der Waals surface area (Å²) in [6, 6.07) is 10.8. The Morgan fingerprint density at radius 2 is 1.44 bits per heavy atom. The van der Waals surface area contributed by atoms with E-state index in [0.717, 1.165) is 39.3 Å². The lowest BCUT2D eigenvalue weighted by molar-refractivity contribution is -0.739. The topological polar surface area (TPSA) is 55.0 Å². The highest BCUT2D eigenvalue weighted by atomic mass is 32.1. The third kappa shape index (κ3) is 7.91. The lowest BCUT2D eigenvalue weighted by Gasteiger charge is -2.23. The van der Waals surface area contributed by atoms with Crippen LogP contribution in [0.5, 0.6) is 0 Å². The van der Waals surface area contributed by atoms with Gasteiger partial charge in [-0.15, -0.1) is 0 Å². The minimum Gasteiger partial charge on any atom is -0.418 e. The predicted molar refractivity (Wildman–Crippen MR) is 161 cm³/mol. The molecule has 2 aliphatic rings. The highest BCUT2D eigenvalue weighted by Gasteiger charge is 2.44. The molecule has 0 bridgehead atoms. The van der Waals surface area contributed by atoms with Crippen LogP contribution in [0.1, 0.15) is 50.8 Å². The zero-order chi connectivity index (χ0) is 35.3. The monoisotopic (exact) mass is 705 g/mol. The number of nitrogens with one attached hydrogen (secondary N) is 2. The first-order valence-corrected chi connectivity index (χ1v) is 14.7. The summed E-state index contributed by atoms with van der Waals surface area (Å²) in [4.78, 5) is 0. The van der Waals surface area contributed by atoms with Crippen molar-refractivity contribution in [1.82, 2.24) is 9.78 Å². The van der Waals surface area contributed by atoms with E-state index >= 15 is 0 Å². The second-order valence-corrected chi connectivity index (χ2v) is 11.8. The fourth-order valence-electron chi connectivity index (χ4n) is 6.01. The number of ether oxygens (including phenoxy) is 1. The standard InChI is InChI=1S/C30H25F6N5OS.BF4/c1-15-6-16(2)26(17(3)7-15)41-14-40-25(39-41)13-42-24-8-18-4-5-21(12-23(18)27(24)40)37-28(43)38-22-10-19(29(31,32)33)9-20(11-22)30(34,35)36;2-1(3,4)5/h4-7,9-12,14,24,27H,8,13H2,1-3H3,(H-,37,38,43);/q;-1/p+1/t24-,27+;/m0./s1. The van der Waals surface area contributed by atoms with Crippen LogP contribution in [0.25, 0.3) is 5.69 Å². The molecule has 2 N–H and O–H groups in total. The Morgan fingerprint density at radius 3 is 2.00 bits per heavy atom. The van der Waals surface area contributed by atoms with Gasteiger partial charge in [0.25, 0.3) is 0 Å². The zero-order valence-corrected chi connectivity index (χ0v) is 26.1. The van der Waals surface area contributed by atoms with Gasteiger partial charge in [-0.3, -0.25) is 0 Å². The molecule has 1 aliphatic carbocycles. The third-order valence-corrected chi connectivity index (χ3v) is 7.89. The van der Waals surface area contributed by atoms with E-state index in [-0.39, 0.29) is 23.3 Å². The molecule has 0 fully saturated rings. The van der Waals surface area contributed by atoms with Gasteiger partial charge in [-0.1, -0.05) is 28.4 Å². The van der Waals surface area contributed by atoms with Crippen molar-refractivity contribution in [3.05, 3.63) is 99.6 Å². The molecule has 1 aliphatic heterocycles. The summed E-state index contributed by atoms with van der Waals surface area (Å²) in [5, 5.41) is 10.0. The van der Waals surface area contributed by atoms with Crippen LogP contribution in [0.3, 0.4) is 0 Å². The summed E-state index contributed by atoms with van der Waals surface area (Å²) in [5.74, 6) is 0.758. The highest BCUT2D eigenvalue weighted by molar-refractivity contribution is 7.80. The van der Waals surface area contributed by atoms with Crippen LogP contribution in [-0.2, 0) is 30.1 Å². The number of alkyl halides is 6. The van der Waals surface area contributed by atoms with Crippen molar-refractivity contribution in [1.29, 1.82) is 0 Å². The van der Waals surface area contributed by atoms with Crippen LogP contribution in [-0.4, -0.2) is 28.3 Å². The molecule has 4 aromatic rings. The minimum atomic E-state index is -6.00. The smallest absolute Gasteiger partial charge is 0.418 e. The maximum absolute atomic E-state index is 13.3. The van der Waals surface area contributed by atoms with Crippen molar-refractivity contribution in [2.75, 3.05) is 10.6 Å². The molecule has 48 heavy (non-hydrogen) atoms. The summed E-state index contributed by atoms with van der Waals surface area (Å²) in [6.45, 7) is 6.49. The van der Waals surface area contributed by atoms with E-state index in [4.69, 9.17) is 22.1 Å². The van der Waals surface area contributed by atoms with Crippen molar-refractivity contribution in [3.8, 4) is 5.69 Å². The lowest BCUT2D eigenvalue weighted by Crippen LogP contribution is -2.51. The Morgan fingerprint density at radius 1 is 0.875 bits per heavy atom. The van der Waals surface area contributed by atoms with E-state index in [1.165, 1.54) is 0 Å². The van der Waals surface area contributed by atoms with Gasteiger partial charge in [0.1, 0.15) is 24.4 Å². The van der Waals surface area contributed by atoms with Gasteiger partial charge in [-0.05, 0) is 85.6 Å². The fraction of sp³-hybridized carbons (Fsp3) is 0.300.